The van der Waals surface area contributed by atoms with Crippen molar-refractivity contribution in [3.63, 3.8) is 0 Å². The molecule has 2 unspecified atom stereocenters. The summed E-state index contributed by atoms with van der Waals surface area (Å²) in [6.07, 6.45) is 3.18. The molecule has 21 heavy (non-hydrogen) atoms. The first-order chi connectivity index (χ1) is 10.2. The Morgan fingerprint density at radius 2 is 2.00 bits per heavy atom. The Morgan fingerprint density at radius 3 is 2.76 bits per heavy atom. The Bertz CT molecular complexity index is 572. The van der Waals surface area contributed by atoms with Gasteiger partial charge in [0.15, 0.2) is 12.2 Å². The lowest BCUT2D eigenvalue weighted by Gasteiger charge is -2.35. The molecule has 6 heteroatoms. The molecule has 0 aromatic heterocycles. The summed E-state index contributed by atoms with van der Waals surface area (Å²) < 4.78 is 0. The lowest BCUT2D eigenvalue weighted by Crippen LogP contribution is -2.63. The number of imide groups is 1. The van der Waals surface area contributed by atoms with Crippen LogP contribution in [0.15, 0.2) is 35.3 Å². The van der Waals surface area contributed by atoms with E-state index in [4.69, 9.17) is 0 Å². The minimum atomic E-state index is -0.400. The quantitative estimate of drug-likeness (QED) is 0.892. The zero-order chi connectivity index (χ0) is 14.8. The Kier molecular flexibility index (Phi) is 3.60. The van der Waals surface area contributed by atoms with Gasteiger partial charge in [-0.1, -0.05) is 30.3 Å². The highest BCUT2D eigenvalue weighted by Gasteiger charge is 2.45. The third kappa shape index (κ3) is 2.61. The lowest BCUT2D eigenvalue weighted by atomic mass is 10.1. The molecule has 0 radical (unpaired) electrons. The predicted octanol–water partition coefficient (Wildman–Crippen LogP) is 0.839. The van der Waals surface area contributed by atoms with Crippen molar-refractivity contribution < 1.29 is 9.59 Å². The Balaban J connectivity index is 1.59. The van der Waals surface area contributed by atoms with Gasteiger partial charge in [0.05, 0.1) is 6.34 Å². The average molecular weight is 286 g/mol. The molecule has 6 nitrogen and oxygen atoms in total. The summed E-state index contributed by atoms with van der Waals surface area (Å²) in [4.78, 5) is 31.2. The van der Waals surface area contributed by atoms with E-state index in [0.717, 1.165) is 19.4 Å². The number of aryl methyl sites for hydroxylation is 1. The number of aliphatic imine (C=N–C) groups is 1. The first kappa shape index (κ1) is 13.6. The highest BCUT2D eigenvalue weighted by molar-refractivity contribution is 6.01. The van der Waals surface area contributed by atoms with Crippen LogP contribution in [0.3, 0.4) is 0 Å². The van der Waals surface area contributed by atoms with Gasteiger partial charge >= 0.3 is 6.03 Å². The molecule has 2 aliphatic rings. The fourth-order valence-corrected chi connectivity index (χ4v) is 2.77. The monoisotopic (exact) mass is 286 g/mol. The van der Waals surface area contributed by atoms with Gasteiger partial charge in [0, 0.05) is 13.6 Å². The molecule has 3 rings (SSSR count). The predicted molar refractivity (Wildman–Crippen MR) is 78.8 cm³/mol. The van der Waals surface area contributed by atoms with Crippen molar-refractivity contribution in [3.8, 4) is 0 Å². The van der Waals surface area contributed by atoms with Crippen LogP contribution in [-0.2, 0) is 11.2 Å². The van der Waals surface area contributed by atoms with Crippen molar-refractivity contribution in [2.45, 2.75) is 25.0 Å². The molecule has 1 aromatic carbocycles. The van der Waals surface area contributed by atoms with E-state index in [1.807, 2.05) is 23.1 Å². The molecule has 0 bridgehead atoms. The van der Waals surface area contributed by atoms with Crippen LogP contribution < -0.4 is 5.32 Å². The Hall–Kier alpha value is -2.37. The molecule has 3 amide bonds. The summed E-state index contributed by atoms with van der Waals surface area (Å²) in [6.45, 7) is 0.745. The smallest absolute Gasteiger partial charge is 0.325 e. The van der Waals surface area contributed by atoms with E-state index < -0.39 is 12.2 Å². The van der Waals surface area contributed by atoms with E-state index in [1.54, 1.807) is 13.4 Å². The molecular weight excluding hydrogens is 268 g/mol. The second kappa shape index (κ2) is 5.55. The largest absolute Gasteiger partial charge is 0.347 e. The molecule has 1 N–H and O–H groups in total. The maximum Gasteiger partial charge on any atom is 0.325 e. The number of hydrogen-bond acceptors (Lipinski definition) is 4. The first-order valence-electron chi connectivity index (χ1n) is 7.07. The van der Waals surface area contributed by atoms with E-state index in [0.29, 0.717) is 0 Å². The van der Waals surface area contributed by atoms with E-state index in [9.17, 15) is 9.59 Å². The van der Waals surface area contributed by atoms with Gasteiger partial charge in [0.1, 0.15) is 0 Å². The summed E-state index contributed by atoms with van der Waals surface area (Å²) in [5.74, 6) is -0.264. The van der Waals surface area contributed by atoms with Crippen LogP contribution in [0.2, 0.25) is 0 Å². The van der Waals surface area contributed by atoms with Crippen LogP contribution in [0, 0.1) is 0 Å². The summed E-state index contributed by atoms with van der Waals surface area (Å²) >= 11 is 0. The maximum atomic E-state index is 12.0. The number of benzene rings is 1. The minimum absolute atomic E-state index is 0.264. The van der Waals surface area contributed by atoms with E-state index >= 15 is 0 Å². The minimum Gasteiger partial charge on any atom is -0.347 e. The molecule has 1 fully saturated rings. The number of likely N-dealkylation sites (N-methyl/N-ethyl adjacent to an activating group) is 1. The normalized spacial score (nSPS) is 24.2. The summed E-state index contributed by atoms with van der Waals surface area (Å²) in [5, 5.41) is 2.36. The van der Waals surface area contributed by atoms with Crippen LogP contribution in [-0.4, -0.2) is 53.9 Å². The molecule has 1 aromatic rings. The molecule has 0 spiro atoms. The maximum absolute atomic E-state index is 12.0. The van der Waals surface area contributed by atoms with E-state index in [-0.39, 0.29) is 11.9 Å². The fraction of sp³-hybridized carbons (Fsp3) is 0.400. The Labute approximate surface area is 123 Å². The number of amides is 3. The lowest BCUT2D eigenvalue weighted by molar-refractivity contribution is -0.127. The fourth-order valence-electron chi connectivity index (χ4n) is 2.77. The number of hydrogen-bond donors (Lipinski definition) is 1. The van der Waals surface area contributed by atoms with Gasteiger partial charge in [-0.15, -0.1) is 0 Å². The van der Waals surface area contributed by atoms with Crippen molar-refractivity contribution >= 4 is 18.3 Å². The highest BCUT2D eigenvalue weighted by Crippen LogP contribution is 2.21. The van der Waals surface area contributed by atoms with Crippen LogP contribution in [0.25, 0.3) is 0 Å². The number of nitrogens with one attached hydrogen (secondary N) is 1. The van der Waals surface area contributed by atoms with Crippen molar-refractivity contribution in [2.75, 3.05) is 13.6 Å². The molecule has 0 saturated carbocycles. The topological polar surface area (TPSA) is 65.0 Å². The Morgan fingerprint density at radius 1 is 1.24 bits per heavy atom. The summed E-state index contributed by atoms with van der Waals surface area (Å²) in [5.41, 5.74) is 1.28. The average Bonchev–Trinajstić information content (AvgIpc) is 2.91. The molecule has 2 atom stereocenters. The number of rotatable bonds is 4. The van der Waals surface area contributed by atoms with Crippen molar-refractivity contribution in [1.29, 1.82) is 0 Å². The van der Waals surface area contributed by atoms with Crippen LogP contribution in [0.4, 0.5) is 4.79 Å². The SMILES string of the molecule is CN1C(=O)NC(=O)C2C1N=CN2CCCc1ccccc1. The van der Waals surface area contributed by atoms with Crippen LogP contribution in [0.5, 0.6) is 0 Å². The molecule has 110 valence electrons. The van der Waals surface area contributed by atoms with Crippen molar-refractivity contribution in [3.05, 3.63) is 35.9 Å². The number of urea groups is 1. The third-order valence-electron chi connectivity index (χ3n) is 3.95. The standard InChI is InChI=1S/C15H18N4O2/c1-18-13-12(14(20)17-15(18)21)19(10-16-13)9-5-8-11-6-3-2-4-7-11/h2-4,6-7,10,12-13H,5,8-9H2,1H3,(H,17,20,21). The molecule has 2 heterocycles. The molecular formula is C15H18N4O2. The van der Waals surface area contributed by atoms with E-state index in [2.05, 4.69) is 22.4 Å². The van der Waals surface area contributed by atoms with Gasteiger partial charge in [-0.25, -0.2) is 9.79 Å². The first-order valence-corrected chi connectivity index (χ1v) is 7.07. The number of carbonyl (C=O) groups is 2. The van der Waals surface area contributed by atoms with Crippen molar-refractivity contribution in [2.24, 2.45) is 4.99 Å². The molecule has 1 saturated heterocycles. The van der Waals surface area contributed by atoms with Crippen molar-refractivity contribution in [1.82, 2.24) is 15.1 Å². The van der Waals surface area contributed by atoms with Crippen LogP contribution in [0.1, 0.15) is 12.0 Å². The number of fused-ring (bicyclic) bond motifs is 1. The van der Waals surface area contributed by atoms with E-state index in [1.165, 1.54) is 10.5 Å². The zero-order valence-corrected chi connectivity index (χ0v) is 11.9. The number of nitrogens with zero attached hydrogens (tertiary/aromatic N) is 3. The highest BCUT2D eigenvalue weighted by atomic mass is 16.2. The second-order valence-corrected chi connectivity index (χ2v) is 5.36. The van der Waals surface area contributed by atoms with Gasteiger partial charge in [0.25, 0.3) is 5.91 Å². The molecule has 0 aliphatic carbocycles. The zero-order valence-electron chi connectivity index (χ0n) is 11.9. The van der Waals surface area contributed by atoms with Gasteiger partial charge in [0.2, 0.25) is 0 Å². The number of carbonyl (C=O) groups excluding carboxylic acids is 2. The van der Waals surface area contributed by atoms with Gasteiger partial charge < -0.3 is 9.80 Å². The second-order valence-electron chi connectivity index (χ2n) is 5.36. The summed E-state index contributed by atoms with van der Waals surface area (Å²) in [7, 11) is 1.66. The van der Waals surface area contributed by atoms with Gasteiger partial charge in [-0.05, 0) is 18.4 Å². The summed E-state index contributed by atoms with van der Waals surface area (Å²) in [6, 6.07) is 9.46. The van der Waals surface area contributed by atoms with Gasteiger partial charge in [-0.3, -0.25) is 10.1 Å². The van der Waals surface area contributed by atoms with Gasteiger partial charge in [-0.2, -0.15) is 0 Å². The third-order valence-corrected chi connectivity index (χ3v) is 3.95. The molecule has 2 aliphatic heterocycles. The van der Waals surface area contributed by atoms with Crippen LogP contribution >= 0.6 is 0 Å².